The molecule has 86 valence electrons. The van der Waals surface area contributed by atoms with Crippen molar-refractivity contribution in [2.75, 3.05) is 0 Å². The molecule has 0 bridgehead atoms. The van der Waals surface area contributed by atoms with Crippen molar-refractivity contribution in [1.82, 2.24) is 0 Å². The van der Waals surface area contributed by atoms with E-state index in [1.54, 1.807) is 18.3 Å². The molecule has 1 N–H and O–H groups in total. The lowest BCUT2D eigenvalue weighted by Gasteiger charge is -2.02. The number of hydrogen-bond donors (Lipinski definition) is 1. The SMILES string of the molecule is Cc1ccc(C)c(/N=C/c2ccccc2O)c1. The average Bonchev–Trinajstić information content (AvgIpc) is 2.32. The van der Waals surface area contributed by atoms with E-state index in [1.807, 2.05) is 38.1 Å². The van der Waals surface area contributed by atoms with E-state index in [2.05, 4.69) is 11.1 Å². The molecule has 0 saturated heterocycles. The lowest BCUT2D eigenvalue weighted by Crippen LogP contribution is -1.82. The molecule has 0 spiro atoms. The van der Waals surface area contributed by atoms with Crippen molar-refractivity contribution in [3.63, 3.8) is 0 Å². The normalized spacial score (nSPS) is 10.9. The average molecular weight is 225 g/mol. The first-order valence-corrected chi connectivity index (χ1v) is 5.56. The van der Waals surface area contributed by atoms with Gasteiger partial charge in [0.05, 0.1) is 5.69 Å². The van der Waals surface area contributed by atoms with E-state index >= 15 is 0 Å². The minimum Gasteiger partial charge on any atom is -0.507 e. The maximum Gasteiger partial charge on any atom is 0.124 e. The number of phenolic OH excluding ortho intramolecular Hbond substituents is 1. The maximum absolute atomic E-state index is 9.62. The van der Waals surface area contributed by atoms with Crippen LogP contribution in [0, 0.1) is 13.8 Å². The molecule has 2 nitrogen and oxygen atoms in total. The molecule has 0 aliphatic rings. The Kier molecular flexibility index (Phi) is 3.24. The van der Waals surface area contributed by atoms with Crippen LogP contribution in [0.5, 0.6) is 5.75 Å². The van der Waals surface area contributed by atoms with E-state index in [1.165, 1.54) is 5.56 Å². The Hall–Kier alpha value is -2.09. The van der Waals surface area contributed by atoms with Crippen molar-refractivity contribution in [2.45, 2.75) is 13.8 Å². The summed E-state index contributed by atoms with van der Waals surface area (Å²) in [7, 11) is 0. The highest BCUT2D eigenvalue weighted by atomic mass is 16.3. The molecule has 0 radical (unpaired) electrons. The molecule has 17 heavy (non-hydrogen) atoms. The quantitative estimate of drug-likeness (QED) is 0.775. The predicted octanol–water partition coefficient (Wildman–Crippen LogP) is 3.76. The summed E-state index contributed by atoms with van der Waals surface area (Å²) in [6.45, 7) is 4.06. The summed E-state index contributed by atoms with van der Waals surface area (Å²) in [6, 6.07) is 13.3. The zero-order chi connectivity index (χ0) is 12.3. The van der Waals surface area contributed by atoms with Crippen LogP contribution >= 0.6 is 0 Å². The summed E-state index contributed by atoms with van der Waals surface area (Å²) < 4.78 is 0. The standard InChI is InChI=1S/C15H15NO/c1-11-7-8-12(2)14(9-11)16-10-13-5-3-4-6-15(13)17/h3-10,17H,1-2H3/b16-10+. The number of rotatable bonds is 2. The van der Waals surface area contributed by atoms with Gasteiger partial charge >= 0.3 is 0 Å². The second kappa shape index (κ2) is 4.83. The van der Waals surface area contributed by atoms with Gasteiger partial charge in [-0.05, 0) is 43.2 Å². The minimum absolute atomic E-state index is 0.251. The molecule has 2 aromatic rings. The second-order valence-corrected chi connectivity index (χ2v) is 4.11. The van der Waals surface area contributed by atoms with Crippen molar-refractivity contribution in [1.29, 1.82) is 0 Å². The summed E-state index contributed by atoms with van der Waals surface area (Å²) in [4.78, 5) is 4.41. The molecule has 0 heterocycles. The van der Waals surface area contributed by atoms with Crippen molar-refractivity contribution in [3.8, 4) is 5.75 Å². The molecule has 0 fully saturated rings. The Morgan fingerprint density at radius 2 is 1.82 bits per heavy atom. The number of aliphatic imine (C=N–C) groups is 1. The van der Waals surface area contributed by atoms with E-state index in [0.29, 0.717) is 0 Å². The fourth-order valence-corrected chi connectivity index (χ4v) is 1.59. The number of aromatic hydroxyl groups is 1. The minimum atomic E-state index is 0.251. The molecule has 0 aliphatic carbocycles. The van der Waals surface area contributed by atoms with Gasteiger partial charge in [0.15, 0.2) is 0 Å². The second-order valence-electron chi connectivity index (χ2n) is 4.11. The van der Waals surface area contributed by atoms with E-state index in [-0.39, 0.29) is 5.75 Å². The number of para-hydroxylation sites is 1. The molecule has 0 aliphatic heterocycles. The lowest BCUT2D eigenvalue weighted by atomic mass is 10.1. The Bertz CT molecular complexity index is 559. The number of aryl methyl sites for hydroxylation is 2. The molecular weight excluding hydrogens is 210 g/mol. The first-order valence-electron chi connectivity index (χ1n) is 5.56. The highest BCUT2D eigenvalue weighted by Crippen LogP contribution is 2.21. The Balaban J connectivity index is 2.32. The highest BCUT2D eigenvalue weighted by Gasteiger charge is 1.98. The summed E-state index contributed by atoms with van der Waals surface area (Å²) in [5.74, 6) is 0.251. The van der Waals surface area contributed by atoms with Crippen LogP contribution < -0.4 is 0 Å². The molecule has 2 rings (SSSR count). The Morgan fingerprint density at radius 3 is 2.59 bits per heavy atom. The van der Waals surface area contributed by atoms with Crippen LogP contribution in [0.3, 0.4) is 0 Å². The van der Waals surface area contributed by atoms with Gasteiger partial charge in [0, 0.05) is 11.8 Å². The summed E-state index contributed by atoms with van der Waals surface area (Å²) in [5.41, 5.74) is 3.98. The third-order valence-electron chi connectivity index (χ3n) is 2.64. The van der Waals surface area contributed by atoms with Gasteiger partial charge in [-0.2, -0.15) is 0 Å². The van der Waals surface area contributed by atoms with E-state index in [0.717, 1.165) is 16.8 Å². The van der Waals surface area contributed by atoms with Gasteiger partial charge in [0.2, 0.25) is 0 Å². The fourth-order valence-electron chi connectivity index (χ4n) is 1.59. The predicted molar refractivity (Wildman–Crippen MR) is 71.3 cm³/mol. The van der Waals surface area contributed by atoms with Crippen molar-refractivity contribution in [3.05, 3.63) is 59.2 Å². The maximum atomic E-state index is 9.62. The lowest BCUT2D eigenvalue weighted by molar-refractivity contribution is 0.474. The van der Waals surface area contributed by atoms with Gasteiger partial charge in [-0.25, -0.2) is 0 Å². The van der Waals surface area contributed by atoms with Crippen LogP contribution in [0.4, 0.5) is 5.69 Å². The topological polar surface area (TPSA) is 32.6 Å². The van der Waals surface area contributed by atoms with Crippen molar-refractivity contribution in [2.24, 2.45) is 4.99 Å². The van der Waals surface area contributed by atoms with Gasteiger partial charge in [-0.3, -0.25) is 4.99 Å². The molecule has 0 unspecified atom stereocenters. The van der Waals surface area contributed by atoms with E-state index in [4.69, 9.17) is 0 Å². The van der Waals surface area contributed by atoms with Crippen LogP contribution in [-0.4, -0.2) is 11.3 Å². The largest absolute Gasteiger partial charge is 0.507 e. The van der Waals surface area contributed by atoms with E-state index < -0.39 is 0 Å². The van der Waals surface area contributed by atoms with Gasteiger partial charge in [0.1, 0.15) is 5.75 Å². The molecule has 0 aromatic heterocycles. The molecule has 0 saturated carbocycles. The first kappa shape index (κ1) is 11.4. The molecule has 0 atom stereocenters. The van der Waals surface area contributed by atoms with Crippen LogP contribution in [-0.2, 0) is 0 Å². The van der Waals surface area contributed by atoms with Crippen molar-refractivity contribution >= 4 is 11.9 Å². The third kappa shape index (κ3) is 2.72. The van der Waals surface area contributed by atoms with Crippen LogP contribution in [0.15, 0.2) is 47.5 Å². The van der Waals surface area contributed by atoms with Crippen LogP contribution in [0.2, 0.25) is 0 Å². The monoisotopic (exact) mass is 225 g/mol. The van der Waals surface area contributed by atoms with Crippen molar-refractivity contribution < 1.29 is 5.11 Å². The zero-order valence-corrected chi connectivity index (χ0v) is 10.0. The molecular formula is C15H15NO. The number of benzene rings is 2. The van der Waals surface area contributed by atoms with Crippen LogP contribution in [0.1, 0.15) is 16.7 Å². The first-order chi connectivity index (χ1) is 8.16. The summed E-state index contributed by atoms with van der Waals surface area (Å²) in [5, 5.41) is 9.62. The van der Waals surface area contributed by atoms with Crippen LogP contribution in [0.25, 0.3) is 0 Å². The number of nitrogens with zero attached hydrogens (tertiary/aromatic N) is 1. The van der Waals surface area contributed by atoms with Gasteiger partial charge in [-0.15, -0.1) is 0 Å². The summed E-state index contributed by atoms with van der Waals surface area (Å²) >= 11 is 0. The summed E-state index contributed by atoms with van der Waals surface area (Å²) in [6.07, 6.45) is 1.69. The highest BCUT2D eigenvalue weighted by molar-refractivity contribution is 5.85. The number of phenols is 1. The van der Waals surface area contributed by atoms with Gasteiger partial charge < -0.3 is 5.11 Å². The van der Waals surface area contributed by atoms with Gasteiger partial charge in [-0.1, -0.05) is 24.3 Å². The third-order valence-corrected chi connectivity index (χ3v) is 2.64. The molecule has 2 aromatic carbocycles. The molecule has 0 amide bonds. The fraction of sp³-hybridized carbons (Fsp3) is 0.133. The van der Waals surface area contributed by atoms with E-state index in [9.17, 15) is 5.11 Å². The van der Waals surface area contributed by atoms with Gasteiger partial charge in [0.25, 0.3) is 0 Å². The molecule has 2 heteroatoms. The Morgan fingerprint density at radius 1 is 1.06 bits per heavy atom. The smallest absolute Gasteiger partial charge is 0.124 e. The number of hydrogen-bond acceptors (Lipinski definition) is 2. The zero-order valence-electron chi connectivity index (χ0n) is 10.0. The Labute approximate surface area is 101 Å².